The van der Waals surface area contributed by atoms with E-state index >= 15 is 0 Å². The summed E-state index contributed by atoms with van der Waals surface area (Å²) in [6.07, 6.45) is 6.65. The molecule has 0 bridgehead atoms. The number of nitrogens with one attached hydrogen (secondary N) is 1. The molecule has 0 aromatic carbocycles. The number of aromatic nitrogens is 2. The van der Waals surface area contributed by atoms with Crippen LogP contribution >= 0.6 is 11.6 Å². The molecular weight excluding hydrogens is 250 g/mol. The van der Waals surface area contributed by atoms with Crippen molar-refractivity contribution in [1.82, 2.24) is 15.3 Å². The molecule has 2 rings (SSSR count). The Morgan fingerprint density at radius 3 is 2.56 bits per heavy atom. The van der Waals surface area contributed by atoms with Crippen LogP contribution < -0.4 is 10.1 Å². The first-order valence-electron chi connectivity index (χ1n) is 5.71. The van der Waals surface area contributed by atoms with E-state index in [0.717, 1.165) is 18.7 Å². The van der Waals surface area contributed by atoms with Crippen LogP contribution in [0.4, 0.5) is 0 Å². The van der Waals surface area contributed by atoms with E-state index in [2.05, 4.69) is 22.2 Å². The average molecular weight is 264 g/mol. The third kappa shape index (κ3) is 3.68. The van der Waals surface area contributed by atoms with Crippen molar-refractivity contribution in [3.63, 3.8) is 0 Å². The van der Waals surface area contributed by atoms with Crippen molar-refractivity contribution in [1.29, 1.82) is 0 Å². The van der Waals surface area contributed by atoms with Crippen LogP contribution in [0.3, 0.4) is 0 Å². The Kier molecular flexibility index (Phi) is 4.50. The molecule has 2 aromatic rings. The molecule has 2 heterocycles. The molecule has 94 valence electrons. The summed E-state index contributed by atoms with van der Waals surface area (Å²) in [5.41, 5.74) is 1.07. The summed E-state index contributed by atoms with van der Waals surface area (Å²) in [5.74, 6) is 1.28. The zero-order valence-corrected chi connectivity index (χ0v) is 10.8. The largest absolute Gasteiger partial charge is 0.454 e. The van der Waals surface area contributed by atoms with Gasteiger partial charge >= 0.3 is 0 Å². The maximum atomic E-state index is 5.84. The molecule has 0 amide bonds. The number of hydrogen-bond donors (Lipinski definition) is 1. The quantitative estimate of drug-likeness (QED) is 0.901. The Hall–Kier alpha value is -1.65. The molecule has 0 radical (unpaired) electrons. The van der Waals surface area contributed by atoms with Crippen molar-refractivity contribution in [2.24, 2.45) is 0 Å². The van der Waals surface area contributed by atoms with Gasteiger partial charge in [0.05, 0.1) is 17.4 Å². The van der Waals surface area contributed by atoms with Crippen LogP contribution in [-0.4, -0.2) is 16.5 Å². The van der Waals surface area contributed by atoms with Crippen LogP contribution in [0.2, 0.25) is 5.02 Å². The summed E-state index contributed by atoms with van der Waals surface area (Å²) < 4.78 is 5.64. The highest BCUT2D eigenvalue weighted by atomic mass is 35.5. The summed E-state index contributed by atoms with van der Waals surface area (Å²) in [5, 5.41) is 3.78. The van der Waals surface area contributed by atoms with Crippen molar-refractivity contribution in [3.05, 3.63) is 47.5 Å². The topological polar surface area (TPSA) is 47.0 Å². The van der Waals surface area contributed by atoms with E-state index in [1.165, 1.54) is 0 Å². The van der Waals surface area contributed by atoms with Crippen molar-refractivity contribution in [3.8, 4) is 11.5 Å². The molecule has 0 spiro atoms. The molecule has 2 aromatic heterocycles. The first-order chi connectivity index (χ1) is 8.78. The van der Waals surface area contributed by atoms with Crippen LogP contribution in [0.5, 0.6) is 11.5 Å². The highest BCUT2D eigenvalue weighted by molar-refractivity contribution is 6.30. The van der Waals surface area contributed by atoms with Crippen molar-refractivity contribution < 1.29 is 4.74 Å². The number of halogens is 1. The minimum absolute atomic E-state index is 0.546. The Balaban J connectivity index is 2.09. The van der Waals surface area contributed by atoms with Crippen LogP contribution in [0, 0.1) is 0 Å². The lowest BCUT2D eigenvalue weighted by Crippen LogP contribution is -2.11. The molecular formula is C13H14ClN3O. The zero-order valence-electron chi connectivity index (χ0n) is 10.1. The van der Waals surface area contributed by atoms with Crippen LogP contribution in [0.25, 0.3) is 0 Å². The molecule has 18 heavy (non-hydrogen) atoms. The molecule has 0 aliphatic rings. The Morgan fingerprint density at radius 2 is 1.83 bits per heavy atom. The summed E-state index contributed by atoms with van der Waals surface area (Å²) in [4.78, 5) is 8.10. The molecule has 0 aliphatic carbocycles. The second-order valence-electron chi connectivity index (χ2n) is 3.75. The van der Waals surface area contributed by atoms with Gasteiger partial charge in [-0.15, -0.1) is 0 Å². The van der Waals surface area contributed by atoms with E-state index in [1.54, 1.807) is 24.7 Å². The second-order valence-corrected chi connectivity index (χ2v) is 4.19. The summed E-state index contributed by atoms with van der Waals surface area (Å²) in [6.45, 7) is 3.75. The van der Waals surface area contributed by atoms with Gasteiger partial charge in [0.1, 0.15) is 11.5 Å². The maximum absolute atomic E-state index is 5.84. The molecule has 0 fully saturated rings. The van der Waals surface area contributed by atoms with Crippen LogP contribution in [-0.2, 0) is 6.54 Å². The van der Waals surface area contributed by atoms with E-state index in [9.17, 15) is 0 Å². The smallest absolute Gasteiger partial charge is 0.147 e. The van der Waals surface area contributed by atoms with Gasteiger partial charge in [-0.25, -0.2) is 0 Å². The predicted octanol–water partition coefficient (Wildman–Crippen LogP) is 3.03. The number of rotatable bonds is 5. The second kappa shape index (κ2) is 6.33. The van der Waals surface area contributed by atoms with Gasteiger partial charge in [-0.1, -0.05) is 18.5 Å². The fourth-order valence-electron chi connectivity index (χ4n) is 1.47. The van der Waals surface area contributed by atoms with E-state index in [1.807, 2.05) is 12.3 Å². The van der Waals surface area contributed by atoms with Crippen molar-refractivity contribution in [2.45, 2.75) is 13.5 Å². The molecule has 4 nitrogen and oxygen atoms in total. The Labute approximate surface area is 111 Å². The van der Waals surface area contributed by atoms with Crippen molar-refractivity contribution >= 4 is 11.6 Å². The molecule has 0 atom stereocenters. The lowest BCUT2D eigenvalue weighted by molar-refractivity contribution is 0.476. The fourth-order valence-corrected chi connectivity index (χ4v) is 1.63. The molecule has 1 N–H and O–H groups in total. The van der Waals surface area contributed by atoms with E-state index in [4.69, 9.17) is 16.3 Å². The monoisotopic (exact) mass is 263 g/mol. The highest BCUT2D eigenvalue weighted by Gasteiger charge is 2.01. The maximum Gasteiger partial charge on any atom is 0.147 e. The van der Waals surface area contributed by atoms with Gasteiger partial charge in [0.25, 0.3) is 0 Å². The van der Waals surface area contributed by atoms with Gasteiger partial charge in [0.2, 0.25) is 0 Å². The van der Waals surface area contributed by atoms with Gasteiger partial charge in [-0.2, -0.15) is 0 Å². The molecule has 0 saturated heterocycles. The first-order valence-corrected chi connectivity index (χ1v) is 6.09. The lowest BCUT2D eigenvalue weighted by Gasteiger charge is -2.07. The average Bonchev–Trinajstić information content (AvgIpc) is 2.37. The van der Waals surface area contributed by atoms with Gasteiger partial charge in [0, 0.05) is 25.0 Å². The molecule has 0 unspecified atom stereocenters. The molecule has 0 saturated carbocycles. The van der Waals surface area contributed by atoms with Gasteiger partial charge in [-0.05, 0) is 18.2 Å². The summed E-state index contributed by atoms with van der Waals surface area (Å²) in [7, 11) is 0. The number of nitrogens with zero attached hydrogens (tertiary/aromatic N) is 2. The number of pyridine rings is 2. The van der Waals surface area contributed by atoms with Crippen LogP contribution in [0.15, 0.2) is 36.9 Å². The Morgan fingerprint density at radius 1 is 1.11 bits per heavy atom. The number of hydrogen-bond acceptors (Lipinski definition) is 4. The Bertz CT molecular complexity index is 519. The van der Waals surface area contributed by atoms with Crippen LogP contribution in [0.1, 0.15) is 12.5 Å². The normalized spacial score (nSPS) is 10.3. The minimum Gasteiger partial charge on any atom is -0.454 e. The van der Waals surface area contributed by atoms with E-state index < -0.39 is 0 Å². The fraction of sp³-hybridized carbons (Fsp3) is 0.231. The third-order valence-corrected chi connectivity index (χ3v) is 2.47. The first kappa shape index (κ1) is 12.8. The standard InChI is InChI=1S/C13H14ClN3O/c1-2-15-5-10-3-12(8-16-6-10)18-13-4-11(14)7-17-9-13/h3-4,6-9,15H,2,5H2,1H3. The summed E-state index contributed by atoms with van der Waals surface area (Å²) >= 11 is 5.84. The van der Waals surface area contributed by atoms with Gasteiger partial charge in [-0.3, -0.25) is 9.97 Å². The molecule has 5 heteroatoms. The number of ether oxygens (including phenoxy) is 1. The highest BCUT2D eigenvalue weighted by Crippen LogP contribution is 2.22. The predicted molar refractivity (Wildman–Crippen MR) is 70.9 cm³/mol. The van der Waals surface area contributed by atoms with E-state index in [-0.39, 0.29) is 0 Å². The van der Waals surface area contributed by atoms with E-state index in [0.29, 0.717) is 16.5 Å². The summed E-state index contributed by atoms with van der Waals surface area (Å²) in [6, 6.07) is 3.65. The minimum atomic E-state index is 0.546. The zero-order chi connectivity index (χ0) is 12.8. The lowest BCUT2D eigenvalue weighted by atomic mass is 10.3. The SMILES string of the molecule is CCNCc1cncc(Oc2cncc(Cl)c2)c1. The van der Waals surface area contributed by atoms with Crippen molar-refractivity contribution in [2.75, 3.05) is 6.54 Å². The molecule has 0 aliphatic heterocycles. The third-order valence-electron chi connectivity index (χ3n) is 2.26. The van der Waals surface area contributed by atoms with Gasteiger partial charge < -0.3 is 10.1 Å². The van der Waals surface area contributed by atoms with Gasteiger partial charge in [0.15, 0.2) is 0 Å².